The fourth-order valence-electron chi connectivity index (χ4n) is 1.58. The molecule has 5 nitrogen and oxygen atoms in total. The number of alkyl halides is 3. The topological polar surface area (TPSA) is 72.9 Å². The van der Waals surface area contributed by atoms with Gasteiger partial charge in [0.15, 0.2) is 0 Å². The highest BCUT2D eigenvalue weighted by Crippen LogP contribution is 2.28. The molecule has 0 saturated carbocycles. The molecule has 0 aliphatic rings. The molecule has 1 heterocycles. The van der Waals surface area contributed by atoms with E-state index in [4.69, 9.17) is 5.73 Å². The first kappa shape index (κ1) is 14.8. The van der Waals surface area contributed by atoms with Crippen molar-refractivity contribution >= 4 is 17.3 Å². The summed E-state index contributed by atoms with van der Waals surface area (Å²) in [7, 11) is 0. The lowest BCUT2D eigenvalue weighted by molar-refractivity contribution is -0.137. The molecule has 0 saturated heterocycles. The molecule has 0 spiro atoms. The maximum absolute atomic E-state index is 12.8. The number of rotatable bonds is 3. The minimum atomic E-state index is -4.52. The summed E-state index contributed by atoms with van der Waals surface area (Å²) in [6.45, 7) is -0.424. The minimum absolute atomic E-state index is 0.0137. The van der Waals surface area contributed by atoms with Crippen LogP contribution in [0, 0.1) is 5.82 Å². The Bertz CT molecular complexity index is 666. The summed E-state index contributed by atoms with van der Waals surface area (Å²) >= 11 is 0. The number of carbonyl (C=O) groups excluding carboxylic acids is 1. The van der Waals surface area contributed by atoms with Crippen LogP contribution in [-0.2, 0) is 17.5 Å². The standard InChI is InChI=1S/C12H10F4N4O/c13-8-1-2-10(9(17)3-8)19-11(21)6-20-5-7(4-18-20)12(14,15)16/h1-5H,6,17H2,(H,19,21). The van der Waals surface area contributed by atoms with Crippen LogP contribution in [0.1, 0.15) is 5.56 Å². The highest BCUT2D eigenvalue weighted by molar-refractivity contribution is 5.93. The Morgan fingerprint density at radius 3 is 2.67 bits per heavy atom. The number of hydrogen-bond acceptors (Lipinski definition) is 3. The number of nitrogens with zero attached hydrogens (tertiary/aromatic N) is 2. The van der Waals surface area contributed by atoms with Gasteiger partial charge in [-0.25, -0.2) is 4.39 Å². The minimum Gasteiger partial charge on any atom is -0.397 e. The molecule has 2 aromatic rings. The number of nitrogens with one attached hydrogen (secondary N) is 1. The summed E-state index contributed by atoms with van der Waals surface area (Å²) in [5.74, 6) is -1.20. The summed E-state index contributed by atoms with van der Waals surface area (Å²) in [5.41, 5.74) is 4.74. The predicted octanol–water partition coefficient (Wildman–Crippen LogP) is 2.26. The molecule has 0 aliphatic heterocycles. The Hall–Kier alpha value is -2.58. The van der Waals surface area contributed by atoms with Crippen LogP contribution in [0.5, 0.6) is 0 Å². The van der Waals surface area contributed by atoms with E-state index in [1.54, 1.807) is 0 Å². The number of nitrogens with two attached hydrogens (primary N) is 1. The van der Waals surface area contributed by atoms with Gasteiger partial charge < -0.3 is 11.1 Å². The number of hydrogen-bond donors (Lipinski definition) is 2. The predicted molar refractivity (Wildman–Crippen MR) is 66.7 cm³/mol. The second kappa shape index (κ2) is 5.43. The van der Waals surface area contributed by atoms with Crippen LogP contribution in [0.15, 0.2) is 30.6 Å². The van der Waals surface area contributed by atoms with E-state index in [2.05, 4.69) is 10.4 Å². The highest BCUT2D eigenvalue weighted by Gasteiger charge is 2.32. The number of anilines is 2. The molecule has 0 fully saturated rings. The fourth-order valence-corrected chi connectivity index (χ4v) is 1.58. The number of benzene rings is 1. The second-order valence-corrected chi connectivity index (χ2v) is 4.20. The lowest BCUT2D eigenvalue weighted by Crippen LogP contribution is -2.19. The number of aromatic nitrogens is 2. The van der Waals surface area contributed by atoms with Crippen LogP contribution in [0.25, 0.3) is 0 Å². The van der Waals surface area contributed by atoms with Crippen LogP contribution in [0.3, 0.4) is 0 Å². The molecule has 0 unspecified atom stereocenters. The van der Waals surface area contributed by atoms with Crippen molar-refractivity contribution in [3.63, 3.8) is 0 Å². The molecule has 21 heavy (non-hydrogen) atoms. The summed E-state index contributed by atoms with van der Waals surface area (Å²) in [6.07, 6.45) is -3.18. The molecule has 0 atom stereocenters. The van der Waals surface area contributed by atoms with Crippen molar-refractivity contribution in [2.45, 2.75) is 12.7 Å². The summed E-state index contributed by atoms with van der Waals surface area (Å²) < 4.78 is 50.8. The molecule has 0 bridgehead atoms. The number of carbonyl (C=O) groups is 1. The van der Waals surface area contributed by atoms with E-state index >= 15 is 0 Å². The third kappa shape index (κ3) is 3.71. The number of halogens is 4. The number of nitrogen functional groups attached to an aromatic ring is 1. The molecule has 1 aromatic carbocycles. The van der Waals surface area contributed by atoms with Crippen LogP contribution >= 0.6 is 0 Å². The largest absolute Gasteiger partial charge is 0.419 e. The van der Waals surface area contributed by atoms with Gasteiger partial charge in [-0.15, -0.1) is 0 Å². The smallest absolute Gasteiger partial charge is 0.397 e. The van der Waals surface area contributed by atoms with Gasteiger partial charge in [0.05, 0.1) is 23.1 Å². The molecule has 9 heteroatoms. The quantitative estimate of drug-likeness (QED) is 0.675. The SMILES string of the molecule is Nc1cc(F)ccc1NC(=O)Cn1cc(C(F)(F)F)cn1. The van der Waals surface area contributed by atoms with Gasteiger partial charge in [0.25, 0.3) is 0 Å². The van der Waals surface area contributed by atoms with Crippen molar-refractivity contribution in [3.8, 4) is 0 Å². The van der Waals surface area contributed by atoms with E-state index in [-0.39, 0.29) is 11.4 Å². The van der Waals surface area contributed by atoms with Crippen LogP contribution < -0.4 is 11.1 Å². The fraction of sp³-hybridized carbons (Fsp3) is 0.167. The molecule has 0 radical (unpaired) electrons. The van der Waals surface area contributed by atoms with E-state index in [1.165, 1.54) is 6.07 Å². The first-order valence-corrected chi connectivity index (χ1v) is 5.70. The lowest BCUT2D eigenvalue weighted by atomic mass is 10.2. The molecule has 1 aromatic heterocycles. The molecule has 3 N–H and O–H groups in total. The van der Waals surface area contributed by atoms with Gasteiger partial charge in [-0.2, -0.15) is 18.3 Å². The Balaban J connectivity index is 2.03. The van der Waals surface area contributed by atoms with Crippen molar-refractivity contribution in [1.82, 2.24) is 9.78 Å². The van der Waals surface area contributed by atoms with Crippen molar-refractivity contribution in [2.24, 2.45) is 0 Å². The van der Waals surface area contributed by atoms with Crippen molar-refractivity contribution < 1.29 is 22.4 Å². The van der Waals surface area contributed by atoms with Gasteiger partial charge in [0.1, 0.15) is 12.4 Å². The summed E-state index contributed by atoms with van der Waals surface area (Å²) in [6, 6.07) is 3.37. The first-order chi connectivity index (χ1) is 9.75. The van der Waals surface area contributed by atoms with Crippen LogP contribution in [0.2, 0.25) is 0 Å². The maximum Gasteiger partial charge on any atom is 0.419 e. The zero-order valence-corrected chi connectivity index (χ0v) is 10.5. The Morgan fingerprint density at radius 1 is 1.38 bits per heavy atom. The average molecular weight is 302 g/mol. The van der Waals surface area contributed by atoms with Gasteiger partial charge in [-0.3, -0.25) is 9.48 Å². The van der Waals surface area contributed by atoms with Crippen LogP contribution in [0.4, 0.5) is 28.9 Å². The third-order valence-electron chi connectivity index (χ3n) is 2.55. The average Bonchev–Trinajstić information content (AvgIpc) is 2.81. The lowest BCUT2D eigenvalue weighted by Gasteiger charge is -2.08. The van der Waals surface area contributed by atoms with Crippen molar-refractivity contribution in [2.75, 3.05) is 11.1 Å². The zero-order valence-electron chi connectivity index (χ0n) is 10.5. The van der Waals surface area contributed by atoms with Gasteiger partial charge in [-0.05, 0) is 18.2 Å². The molecule has 0 aliphatic carbocycles. The molecular formula is C12H10F4N4O. The van der Waals surface area contributed by atoms with Gasteiger partial charge in [0, 0.05) is 6.20 Å². The maximum atomic E-state index is 12.8. The van der Waals surface area contributed by atoms with Crippen molar-refractivity contribution in [3.05, 3.63) is 42.0 Å². The Kier molecular flexibility index (Phi) is 3.83. The van der Waals surface area contributed by atoms with Gasteiger partial charge in [0.2, 0.25) is 5.91 Å². The zero-order chi connectivity index (χ0) is 15.6. The number of amides is 1. The van der Waals surface area contributed by atoms with E-state index in [0.717, 1.165) is 16.8 Å². The van der Waals surface area contributed by atoms with E-state index in [1.807, 2.05) is 0 Å². The molecule has 2 rings (SSSR count). The Labute approximate surface area is 116 Å². The first-order valence-electron chi connectivity index (χ1n) is 5.70. The van der Waals surface area contributed by atoms with Crippen molar-refractivity contribution in [1.29, 1.82) is 0 Å². The van der Waals surface area contributed by atoms with Gasteiger partial charge in [-0.1, -0.05) is 0 Å². The van der Waals surface area contributed by atoms with E-state index in [9.17, 15) is 22.4 Å². The monoisotopic (exact) mass is 302 g/mol. The highest BCUT2D eigenvalue weighted by atomic mass is 19.4. The third-order valence-corrected chi connectivity index (χ3v) is 2.55. The molecule has 1 amide bonds. The summed E-state index contributed by atoms with van der Waals surface area (Å²) in [4.78, 5) is 11.7. The molecular weight excluding hydrogens is 292 g/mol. The molecule has 112 valence electrons. The normalized spacial score (nSPS) is 11.4. The van der Waals surface area contributed by atoms with E-state index < -0.39 is 30.0 Å². The van der Waals surface area contributed by atoms with Gasteiger partial charge >= 0.3 is 6.18 Å². The second-order valence-electron chi connectivity index (χ2n) is 4.20. The van der Waals surface area contributed by atoms with E-state index in [0.29, 0.717) is 12.4 Å². The Morgan fingerprint density at radius 2 is 2.10 bits per heavy atom. The summed E-state index contributed by atoms with van der Waals surface area (Å²) in [5, 5.41) is 5.81. The van der Waals surface area contributed by atoms with Crippen LogP contribution in [-0.4, -0.2) is 15.7 Å².